The second-order valence-electron chi connectivity index (χ2n) is 10.2. The number of ether oxygens (including phenoxy) is 3. The van der Waals surface area contributed by atoms with E-state index >= 15 is 0 Å². The van der Waals surface area contributed by atoms with Crippen molar-refractivity contribution in [3.8, 4) is 23.0 Å². The average Bonchev–Trinajstić information content (AvgIpc) is 3.10. The van der Waals surface area contributed by atoms with Crippen molar-refractivity contribution < 1.29 is 15.6 Å². The number of benzene rings is 2. The summed E-state index contributed by atoms with van der Waals surface area (Å²) >= 11 is 0. The van der Waals surface area contributed by atoms with E-state index in [9.17, 15) is 0 Å². The van der Waals surface area contributed by atoms with E-state index < -0.39 is 0 Å². The van der Waals surface area contributed by atoms with Crippen molar-refractivity contribution >= 4 is 8.41 Å². The van der Waals surface area contributed by atoms with Crippen LogP contribution < -0.4 is 9.47 Å². The summed E-state index contributed by atoms with van der Waals surface area (Å²) in [6, 6.07) is 23.8. The topological polar surface area (TPSA) is 53.5 Å². The SMILES string of the molecule is CC.CC.CC.CC.CC(C)C.CC(C)c1ccc(Oc2cccnc2)cc1.CC(C)c1ccc(Oc2ccncc2)cc1.COC.[2HH].[B]. The number of methoxy groups -OCH3 is 1. The number of aromatic nitrogens is 2. The Morgan fingerprint density at radius 3 is 1.06 bits per heavy atom. The zero-order chi connectivity index (χ0) is 37.0. The van der Waals surface area contributed by atoms with Crippen molar-refractivity contribution in [2.24, 2.45) is 5.92 Å². The predicted molar refractivity (Wildman–Crippen MR) is 216 cm³/mol. The van der Waals surface area contributed by atoms with Crippen LogP contribution in [0.2, 0.25) is 0 Å². The molecule has 0 atom stereocenters. The van der Waals surface area contributed by atoms with Gasteiger partial charge in [-0.3, -0.25) is 9.97 Å². The van der Waals surface area contributed by atoms with Crippen LogP contribution in [0.5, 0.6) is 23.0 Å². The number of hydrogen-bond acceptors (Lipinski definition) is 5. The Kier molecular flexibility index (Phi) is 44.4. The van der Waals surface area contributed by atoms with Gasteiger partial charge >= 0.3 is 0 Å². The van der Waals surface area contributed by atoms with Gasteiger partial charge in [0.2, 0.25) is 0 Å². The van der Waals surface area contributed by atoms with Gasteiger partial charge in [0.05, 0.1) is 6.20 Å². The highest BCUT2D eigenvalue weighted by molar-refractivity contribution is 5.75. The summed E-state index contributed by atoms with van der Waals surface area (Å²) in [5, 5.41) is 0. The molecule has 0 aliphatic heterocycles. The molecular weight excluding hydrogens is 591 g/mol. The quantitative estimate of drug-likeness (QED) is 0.192. The first-order chi connectivity index (χ1) is 22.7. The molecule has 2 aromatic carbocycles. The Labute approximate surface area is 301 Å². The second kappa shape index (κ2) is 39.5. The largest absolute Gasteiger partial charge is 0.457 e. The lowest BCUT2D eigenvalue weighted by molar-refractivity contribution is 0.277. The van der Waals surface area contributed by atoms with Crippen molar-refractivity contribution in [3.05, 3.63) is 109 Å². The zero-order valence-corrected chi connectivity index (χ0v) is 33.7. The molecule has 3 radical (unpaired) electrons. The van der Waals surface area contributed by atoms with E-state index in [1.165, 1.54) is 11.1 Å². The molecule has 2 aromatic heterocycles. The summed E-state index contributed by atoms with van der Waals surface area (Å²) in [6.45, 7) is 31.2. The van der Waals surface area contributed by atoms with Gasteiger partial charge in [0.25, 0.3) is 0 Å². The molecule has 2 heterocycles. The summed E-state index contributed by atoms with van der Waals surface area (Å²) < 4.78 is 15.6. The molecule has 0 spiro atoms. The minimum Gasteiger partial charge on any atom is -0.457 e. The van der Waals surface area contributed by atoms with Crippen LogP contribution in [0.15, 0.2) is 97.6 Å². The molecule has 5 nitrogen and oxygen atoms in total. The third-order valence-electron chi connectivity index (χ3n) is 4.85. The van der Waals surface area contributed by atoms with Gasteiger partial charge < -0.3 is 14.2 Å². The summed E-state index contributed by atoms with van der Waals surface area (Å²) in [4.78, 5) is 7.95. The second-order valence-corrected chi connectivity index (χ2v) is 10.2. The van der Waals surface area contributed by atoms with Gasteiger partial charge in [-0.25, -0.2) is 0 Å². The van der Waals surface area contributed by atoms with Crippen LogP contribution in [-0.2, 0) is 4.74 Å². The van der Waals surface area contributed by atoms with E-state index in [4.69, 9.17) is 9.47 Å². The van der Waals surface area contributed by atoms with Gasteiger partial charge in [-0.1, -0.05) is 128 Å². The van der Waals surface area contributed by atoms with Crippen molar-refractivity contribution in [2.75, 3.05) is 14.2 Å². The number of pyridine rings is 2. The first-order valence-electron chi connectivity index (χ1n) is 17.4. The van der Waals surface area contributed by atoms with Crippen LogP contribution in [0.3, 0.4) is 0 Å². The van der Waals surface area contributed by atoms with Crippen LogP contribution in [0.1, 0.15) is 128 Å². The highest BCUT2D eigenvalue weighted by Crippen LogP contribution is 2.24. The summed E-state index contributed by atoms with van der Waals surface area (Å²) in [5.74, 6) is 5.21. The molecule has 0 N–H and O–H groups in total. The van der Waals surface area contributed by atoms with E-state index in [0.717, 1.165) is 28.9 Å². The van der Waals surface area contributed by atoms with Gasteiger partial charge in [0.1, 0.15) is 23.0 Å². The van der Waals surface area contributed by atoms with Crippen LogP contribution in [0, 0.1) is 5.92 Å². The first kappa shape index (κ1) is 53.8. The molecule has 0 amide bonds. The Morgan fingerprint density at radius 2 is 0.771 bits per heavy atom. The number of rotatable bonds is 6. The lowest BCUT2D eigenvalue weighted by Gasteiger charge is -2.08. The monoisotopic (exact) mass is 665 g/mol. The molecular formula is C42H72BN2O3. The van der Waals surface area contributed by atoms with E-state index in [0.29, 0.717) is 11.8 Å². The third-order valence-corrected chi connectivity index (χ3v) is 4.85. The average molecular weight is 665 g/mol. The lowest BCUT2D eigenvalue weighted by atomic mass is 10.0. The molecule has 4 rings (SSSR count). The van der Waals surface area contributed by atoms with Crippen molar-refractivity contribution in [1.82, 2.24) is 9.97 Å². The predicted octanol–water partition coefficient (Wildman–Crippen LogP) is 13.9. The molecule has 271 valence electrons. The van der Waals surface area contributed by atoms with E-state index in [2.05, 4.69) is 87.4 Å². The van der Waals surface area contributed by atoms with E-state index in [1.807, 2.05) is 104 Å². The highest BCUT2D eigenvalue weighted by Gasteiger charge is 2.01. The minimum atomic E-state index is 0. The zero-order valence-electron chi connectivity index (χ0n) is 33.7. The first-order valence-corrected chi connectivity index (χ1v) is 17.4. The Balaban J connectivity index is -0.000000132. The summed E-state index contributed by atoms with van der Waals surface area (Å²) in [7, 11) is 3.25. The maximum absolute atomic E-state index is 5.67. The van der Waals surface area contributed by atoms with Crippen LogP contribution in [0.4, 0.5) is 0 Å². The van der Waals surface area contributed by atoms with Gasteiger partial charge in [-0.05, 0) is 77.4 Å². The van der Waals surface area contributed by atoms with Crippen molar-refractivity contribution in [3.63, 3.8) is 0 Å². The Hall–Kier alpha value is -3.64. The minimum absolute atomic E-state index is 0. The fraction of sp³-hybridized carbons (Fsp3) is 0.476. The van der Waals surface area contributed by atoms with Crippen LogP contribution in [-0.4, -0.2) is 32.6 Å². The highest BCUT2D eigenvalue weighted by atomic mass is 16.5. The Morgan fingerprint density at radius 1 is 0.458 bits per heavy atom. The lowest BCUT2D eigenvalue weighted by Crippen LogP contribution is -1.88. The molecule has 0 unspecified atom stereocenters. The fourth-order valence-electron chi connectivity index (χ4n) is 2.93. The van der Waals surface area contributed by atoms with Crippen molar-refractivity contribution in [1.29, 1.82) is 0 Å². The summed E-state index contributed by atoms with van der Waals surface area (Å²) in [5.41, 5.74) is 2.64. The van der Waals surface area contributed by atoms with Gasteiger partial charge in [-0.15, -0.1) is 0 Å². The third kappa shape index (κ3) is 31.0. The molecule has 0 saturated heterocycles. The molecule has 0 aliphatic rings. The van der Waals surface area contributed by atoms with E-state index in [1.54, 1.807) is 39.0 Å². The summed E-state index contributed by atoms with van der Waals surface area (Å²) in [6.07, 6.45) is 6.88. The number of hydrogen-bond donors (Lipinski definition) is 0. The maximum Gasteiger partial charge on any atom is 0.145 e. The number of nitrogens with zero attached hydrogens (tertiary/aromatic N) is 2. The molecule has 4 aromatic rings. The molecule has 0 fully saturated rings. The van der Waals surface area contributed by atoms with Gasteiger partial charge in [-0.2, -0.15) is 0 Å². The molecule has 48 heavy (non-hydrogen) atoms. The normalized spacial score (nSPS) is 8.58. The molecule has 0 aliphatic carbocycles. The van der Waals surface area contributed by atoms with Crippen LogP contribution in [0.25, 0.3) is 0 Å². The molecule has 0 saturated carbocycles. The Bertz CT molecular complexity index is 1040. The van der Waals surface area contributed by atoms with Crippen molar-refractivity contribution in [2.45, 2.75) is 116 Å². The van der Waals surface area contributed by atoms with Gasteiger partial charge in [0, 0.05) is 42.6 Å². The maximum atomic E-state index is 5.67. The molecule has 6 heteroatoms. The van der Waals surface area contributed by atoms with Crippen LogP contribution >= 0.6 is 0 Å². The smallest absolute Gasteiger partial charge is 0.145 e. The van der Waals surface area contributed by atoms with Gasteiger partial charge in [0.15, 0.2) is 0 Å². The standard InChI is InChI=1S/2C14H15NO.C4H10.C2H6O.4C2H6.B.H2/c1-11(2)12-3-5-13(6-4-12)16-14-7-9-15-10-8-14;1-11(2)12-5-7-13(8-6-12)16-14-4-3-9-15-10-14;1-4(2)3;1-3-2;4*1-2;;/h2*3-11H,1-2H3;4H,1-3H3;1-2H3;4*1-2H3;;1H/i;;;;;;;;;1+1. The van der Waals surface area contributed by atoms with E-state index in [-0.39, 0.29) is 9.84 Å². The fourth-order valence-corrected chi connectivity index (χ4v) is 2.93. The molecule has 0 bridgehead atoms.